The summed E-state index contributed by atoms with van der Waals surface area (Å²) in [6.45, 7) is 0. The maximum atomic E-state index is 12.7. The molecule has 0 aliphatic carbocycles. The number of carbonyl (C=O) groups excluding carboxylic acids is 1. The highest BCUT2D eigenvalue weighted by molar-refractivity contribution is 6.30. The molecule has 0 aliphatic rings. The predicted molar refractivity (Wildman–Crippen MR) is 47.8 cm³/mol. The molecule has 0 radical (unpaired) electrons. The molecule has 0 atom stereocenters. The number of amides is 2. The Bertz CT molecular complexity index is 311. The molecular weight excluding hydrogens is 197 g/mol. The summed E-state index contributed by atoms with van der Waals surface area (Å²) < 4.78 is 12.7. The third-order valence-electron chi connectivity index (χ3n) is 1.25. The number of hydrogen-bond acceptors (Lipinski definition) is 2. The second-order valence-electron chi connectivity index (χ2n) is 2.26. The van der Waals surface area contributed by atoms with Gasteiger partial charge in [-0.1, -0.05) is 11.6 Å². The molecule has 4 nitrogen and oxygen atoms in total. The first-order valence-corrected chi connectivity index (χ1v) is 3.73. The molecule has 0 bridgehead atoms. The molecule has 1 aromatic rings. The Kier molecular flexibility index (Phi) is 3.05. The molecule has 4 N–H and O–H groups in total. The SMILES string of the molecule is NNC(=O)Nc1cc(F)cc(Cl)c1. The number of hydrogen-bond donors (Lipinski definition) is 3. The summed E-state index contributed by atoms with van der Waals surface area (Å²) in [4.78, 5) is 10.7. The molecule has 0 heterocycles. The molecule has 0 unspecified atom stereocenters. The lowest BCUT2D eigenvalue weighted by atomic mass is 10.3. The second-order valence-corrected chi connectivity index (χ2v) is 2.69. The zero-order chi connectivity index (χ0) is 9.84. The summed E-state index contributed by atoms with van der Waals surface area (Å²) in [6, 6.07) is 3.02. The number of urea groups is 1. The van der Waals surface area contributed by atoms with Crippen molar-refractivity contribution in [2.45, 2.75) is 0 Å². The fraction of sp³-hybridized carbons (Fsp3) is 0. The van der Waals surface area contributed by atoms with E-state index in [9.17, 15) is 9.18 Å². The van der Waals surface area contributed by atoms with Crippen LogP contribution in [-0.4, -0.2) is 6.03 Å². The van der Waals surface area contributed by atoms with Gasteiger partial charge in [0.05, 0.1) is 0 Å². The van der Waals surface area contributed by atoms with Crippen LogP contribution in [0, 0.1) is 5.82 Å². The van der Waals surface area contributed by atoms with Crippen LogP contribution in [0.2, 0.25) is 5.02 Å². The van der Waals surface area contributed by atoms with E-state index in [1.54, 1.807) is 0 Å². The van der Waals surface area contributed by atoms with E-state index in [1.807, 2.05) is 5.43 Å². The van der Waals surface area contributed by atoms with Gasteiger partial charge < -0.3 is 5.32 Å². The minimum absolute atomic E-state index is 0.201. The van der Waals surface area contributed by atoms with Crippen LogP contribution in [0.25, 0.3) is 0 Å². The molecule has 0 saturated carbocycles. The molecule has 0 aromatic heterocycles. The van der Waals surface area contributed by atoms with E-state index in [0.29, 0.717) is 0 Å². The van der Waals surface area contributed by atoms with Gasteiger partial charge in [0.2, 0.25) is 0 Å². The van der Waals surface area contributed by atoms with Crippen LogP contribution in [0.1, 0.15) is 0 Å². The average Bonchev–Trinajstić information content (AvgIpc) is 2.02. The van der Waals surface area contributed by atoms with E-state index in [-0.39, 0.29) is 10.7 Å². The number of benzene rings is 1. The average molecular weight is 204 g/mol. The first-order chi connectivity index (χ1) is 6.11. The first-order valence-electron chi connectivity index (χ1n) is 3.35. The van der Waals surface area contributed by atoms with Gasteiger partial charge in [0.1, 0.15) is 5.82 Å². The Morgan fingerprint density at radius 1 is 1.46 bits per heavy atom. The van der Waals surface area contributed by atoms with Gasteiger partial charge in [-0.05, 0) is 18.2 Å². The third kappa shape index (κ3) is 2.89. The van der Waals surface area contributed by atoms with Crippen molar-refractivity contribution in [2.75, 3.05) is 5.32 Å². The number of nitrogens with one attached hydrogen (secondary N) is 2. The Morgan fingerprint density at radius 2 is 2.15 bits per heavy atom. The second kappa shape index (κ2) is 4.06. The lowest BCUT2D eigenvalue weighted by Crippen LogP contribution is -2.34. The molecule has 70 valence electrons. The van der Waals surface area contributed by atoms with Gasteiger partial charge in [-0.25, -0.2) is 15.0 Å². The lowest BCUT2D eigenvalue weighted by molar-refractivity contribution is 0.252. The summed E-state index contributed by atoms with van der Waals surface area (Å²) in [6.07, 6.45) is 0. The van der Waals surface area contributed by atoms with Crippen molar-refractivity contribution >= 4 is 23.3 Å². The topological polar surface area (TPSA) is 67.1 Å². The minimum atomic E-state index is -0.637. The standard InChI is InChI=1S/C7H7ClFN3O/c8-4-1-5(9)3-6(2-4)11-7(13)12-10/h1-3H,10H2,(H2,11,12,13). The van der Waals surface area contributed by atoms with Crippen molar-refractivity contribution in [3.8, 4) is 0 Å². The van der Waals surface area contributed by atoms with E-state index >= 15 is 0 Å². The molecule has 0 saturated heterocycles. The van der Waals surface area contributed by atoms with Crippen molar-refractivity contribution in [1.82, 2.24) is 5.43 Å². The zero-order valence-corrected chi connectivity index (χ0v) is 7.23. The number of nitrogens with two attached hydrogens (primary N) is 1. The van der Waals surface area contributed by atoms with Gasteiger partial charge >= 0.3 is 6.03 Å². The molecule has 2 amide bonds. The Balaban J connectivity index is 2.83. The molecule has 13 heavy (non-hydrogen) atoms. The van der Waals surface area contributed by atoms with E-state index < -0.39 is 11.8 Å². The van der Waals surface area contributed by atoms with Crippen LogP contribution in [0.4, 0.5) is 14.9 Å². The third-order valence-corrected chi connectivity index (χ3v) is 1.47. The molecule has 1 aromatic carbocycles. The van der Waals surface area contributed by atoms with E-state index in [1.165, 1.54) is 6.07 Å². The highest BCUT2D eigenvalue weighted by atomic mass is 35.5. The largest absolute Gasteiger partial charge is 0.333 e. The van der Waals surface area contributed by atoms with Crippen molar-refractivity contribution in [2.24, 2.45) is 5.84 Å². The Hall–Kier alpha value is -1.33. The molecule has 6 heteroatoms. The van der Waals surface area contributed by atoms with Crippen molar-refractivity contribution in [3.05, 3.63) is 29.0 Å². The van der Waals surface area contributed by atoms with Crippen molar-refractivity contribution in [1.29, 1.82) is 0 Å². The summed E-state index contributed by atoms with van der Waals surface area (Å²) in [5, 5.41) is 2.47. The Morgan fingerprint density at radius 3 is 2.69 bits per heavy atom. The monoisotopic (exact) mass is 203 g/mol. The summed E-state index contributed by atoms with van der Waals surface area (Å²) >= 11 is 5.53. The van der Waals surface area contributed by atoms with Crippen LogP contribution >= 0.6 is 11.6 Å². The van der Waals surface area contributed by atoms with Gasteiger partial charge in [0.15, 0.2) is 0 Å². The zero-order valence-electron chi connectivity index (χ0n) is 6.47. The van der Waals surface area contributed by atoms with E-state index in [4.69, 9.17) is 17.4 Å². The highest BCUT2D eigenvalue weighted by Crippen LogP contribution is 2.17. The van der Waals surface area contributed by atoms with Crippen LogP contribution in [0.15, 0.2) is 18.2 Å². The number of rotatable bonds is 1. The fourth-order valence-electron chi connectivity index (χ4n) is 0.793. The van der Waals surface area contributed by atoms with Crippen LogP contribution < -0.4 is 16.6 Å². The van der Waals surface area contributed by atoms with Gasteiger partial charge in [-0.2, -0.15) is 0 Å². The Labute approximate surface area is 78.8 Å². The van der Waals surface area contributed by atoms with Gasteiger partial charge in [0, 0.05) is 10.7 Å². The predicted octanol–water partition coefficient (Wildman–Crippen LogP) is 1.47. The molecule has 1 rings (SSSR count). The first kappa shape index (κ1) is 9.76. The molecule has 0 fully saturated rings. The molecule has 0 aliphatic heterocycles. The van der Waals surface area contributed by atoms with Gasteiger partial charge in [-0.3, -0.25) is 5.43 Å². The smallest absolute Gasteiger partial charge is 0.307 e. The van der Waals surface area contributed by atoms with Crippen LogP contribution in [0.3, 0.4) is 0 Å². The molecular formula is C7H7ClFN3O. The van der Waals surface area contributed by atoms with E-state index in [0.717, 1.165) is 12.1 Å². The maximum Gasteiger partial charge on any atom is 0.333 e. The van der Waals surface area contributed by atoms with Crippen LogP contribution in [-0.2, 0) is 0 Å². The van der Waals surface area contributed by atoms with E-state index in [2.05, 4.69) is 5.32 Å². The quantitative estimate of drug-likeness (QED) is 0.368. The van der Waals surface area contributed by atoms with Crippen molar-refractivity contribution < 1.29 is 9.18 Å². The van der Waals surface area contributed by atoms with Crippen molar-refractivity contribution in [3.63, 3.8) is 0 Å². The summed E-state index contributed by atoms with van der Waals surface area (Å²) in [5.41, 5.74) is 2.08. The summed E-state index contributed by atoms with van der Waals surface area (Å²) in [7, 11) is 0. The lowest BCUT2D eigenvalue weighted by Gasteiger charge is -2.04. The fourth-order valence-corrected chi connectivity index (χ4v) is 1.01. The minimum Gasteiger partial charge on any atom is -0.307 e. The normalized spacial score (nSPS) is 9.46. The molecule has 0 spiro atoms. The highest BCUT2D eigenvalue weighted by Gasteiger charge is 2.01. The number of anilines is 1. The number of carbonyl (C=O) groups is 1. The number of halogens is 2. The van der Waals surface area contributed by atoms with Gasteiger partial charge in [0.25, 0.3) is 0 Å². The number of hydrazine groups is 1. The van der Waals surface area contributed by atoms with Gasteiger partial charge in [-0.15, -0.1) is 0 Å². The maximum absolute atomic E-state index is 12.7. The van der Waals surface area contributed by atoms with Crippen LogP contribution in [0.5, 0.6) is 0 Å². The summed E-state index contributed by atoms with van der Waals surface area (Å²) in [5.74, 6) is 4.28.